The van der Waals surface area contributed by atoms with Crippen LogP contribution in [-0.2, 0) is 4.74 Å². The summed E-state index contributed by atoms with van der Waals surface area (Å²) in [6.07, 6.45) is 3.44. The van der Waals surface area contributed by atoms with E-state index in [1.807, 2.05) is 35.2 Å². The van der Waals surface area contributed by atoms with Crippen molar-refractivity contribution in [1.29, 1.82) is 0 Å². The second kappa shape index (κ2) is 8.31. The fraction of sp³-hybridized carbons (Fsp3) is 0.389. The number of aliphatic hydroxyl groups excluding tert-OH is 1. The smallest absolute Gasteiger partial charge is 0.342 e. The number of hydrogen-bond donors (Lipinski definition) is 1. The average molecular weight is 359 g/mol. The molecule has 2 aromatic rings. The highest BCUT2D eigenvalue weighted by Gasteiger charge is 2.27. The molecule has 132 valence electrons. The lowest BCUT2D eigenvalue weighted by Gasteiger charge is -2.23. The molecule has 6 nitrogen and oxygen atoms in total. The third-order valence-electron chi connectivity index (χ3n) is 4.04. The Morgan fingerprint density at radius 2 is 2.20 bits per heavy atom. The molecule has 0 saturated carbocycles. The van der Waals surface area contributed by atoms with Crippen LogP contribution in [0.15, 0.2) is 46.5 Å². The number of hydrogen-bond acceptors (Lipinski definition) is 7. The van der Waals surface area contributed by atoms with E-state index in [4.69, 9.17) is 4.74 Å². The predicted octanol–water partition coefficient (Wildman–Crippen LogP) is 2.77. The van der Waals surface area contributed by atoms with Gasteiger partial charge in [0, 0.05) is 17.6 Å². The van der Waals surface area contributed by atoms with Crippen LogP contribution in [0.25, 0.3) is 0 Å². The fourth-order valence-electron chi connectivity index (χ4n) is 2.81. The number of aromatic nitrogens is 2. The highest BCUT2D eigenvalue weighted by molar-refractivity contribution is 7.99. The fourth-order valence-corrected chi connectivity index (χ4v) is 3.70. The van der Waals surface area contributed by atoms with E-state index in [0.717, 1.165) is 24.3 Å². The van der Waals surface area contributed by atoms with E-state index in [0.29, 0.717) is 23.1 Å². The van der Waals surface area contributed by atoms with Crippen molar-refractivity contribution < 1.29 is 14.6 Å². The molecule has 3 rings (SSSR count). The van der Waals surface area contributed by atoms with E-state index in [1.165, 1.54) is 18.0 Å². The highest BCUT2D eigenvalue weighted by atomic mass is 32.2. The van der Waals surface area contributed by atoms with E-state index < -0.39 is 5.97 Å². The SMILES string of the molecule is CCOC(=O)c1cnc(N2CCCC2CO)nc1Sc1ccccc1. The summed E-state index contributed by atoms with van der Waals surface area (Å²) in [7, 11) is 0. The first-order valence-electron chi connectivity index (χ1n) is 8.37. The number of ether oxygens (including phenoxy) is 1. The van der Waals surface area contributed by atoms with E-state index in [1.54, 1.807) is 6.92 Å². The molecule has 0 amide bonds. The first kappa shape index (κ1) is 17.7. The van der Waals surface area contributed by atoms with Crippen LogP contribution in [0.3, 0.4) is 0 Å². The summed E-state index contributed by atoms with van der Waals surface area (Å²) in [6.45, 7) is 2.95. The standard InChI is InChI=1S/C18H21N3O3S/c1-2-24-17(23)15-11-19-18(21-10-6-7-13(21)12-22)20-16(15)25-14-8-4-3-5-9-14/h3-5,8-9,11,13,22H,2,6-7,10,12H2,1H3. The maximum absolute atomic E-state index is 12.2. The summed E-state index contributed by atoms with van der Waals surface area (Å²) >= 11 is 1.41. The number of aliphatic hydroxyl groups is 1. The number of nitrogens with zero attached hydrogens (tertiary/aromatic N) is 3. The van der Waals surface area contributed by atoms with Gasteiger partial charge in [0.2, 0.25) is 5.95 Å². The topological polar surface area (TPSA) is 75.5 Å². The van der Waals surface area contributed by atoms with Crippen molar-refractivity contribution in [2.75, 3.05) is 24.7 Å². The van der Waals surface area contributed by atoms with Crippen molar-refractivity contribution in [2.24, 2.45) is 0 Å². The Hall–Kier alpha value is -2.12. The molecule has 1 saturated heterocycles. The lowest BCUT2D eigenvalue weighted by molar-refractivity contribution is 0.0520. The molecular weight excluding hydrogens is 338 g/mol. The average Bonchev–Trinajstić information content (AvgIpc) is 3.11. The molecule has 1 aliphatic heterocycles. The van der Waals surface area contributed by atoms with E-state index in [2.05, 4.69) is 9.97 Å². The molecule has 1 atom stereocenters. The van der Waals surface area contributed by atoms with E-state index >= 15 is 0 Å². The number of anilines is 1. The van der Waals surface area contributed by atoms with Crippen LogP contribution >= 0.6 is 11.8 Å². The minimum Gasteiger partial charge on any atom is -0.462 e. The zero-order chi connectivity index (χ0) is 17.6. The number of benzene rings is 1. The number of rotatable bonds is 6. The molecule has 1 fully saturated rings. The number of carbonyl (C=O) groups excluding carboxylic acids is 1. The van der Waals surface area contributed by atoms with Gasteiger partial charge in [0.25, 0.3) is 0 Å². The summed E-state index contributed by atoms with van der Waals surface area (Å²) < 4.78 is 5.13. The Labute approximate surface area is 151 Å². The molecule has 0 bridgehead atoms. The van der Waals surface area contributed by atoms with Crippen molar-refractivity contribution in [2.45, 2.75) is 35.7 Å². The second-order valence-corrected chi connectivity index (χ2v) is 6.76. The molecule has 1 aliphatic rings. The first-order valence-corrected chi connectivity index (χ1v) is 9.19. The van der Waals surface area contributed by atoms with Crippen LogP contribution in [-0.4, -0.2) is 46.8 Å². The second-order valence-electron chi connectivity index (χ2n) is 5.70. The quantitative estimate of drug-likeness (QED) is 0.628. The van der Waals surface area contributed by atoms with E-state index in [9.17, 15) is 9.90 Å². The Kier molecular flexibility index (Phi) is 5.88. The van der Waals surface area contributed by atoms with Gasteiger partial charge in [0.15, 0.2) is 0 Å². The number of carbonyl (C=O) groups is 1. The summed E-state index contributed by atoms with van der Waals surface area (Å²) in [5.41, 5.74) is 0.360. The van der Waals surface area contributed by atoms with E-state index in [-0.39, 0.29) is 12.6 Å². The van der Waals surface area contributed by atoms with Gasteiger partial charge in [-0.2, -0.15) is 0 Å². The molecule has 0 radical (unpaired) electrons. The van der Waals surface area contributed by atoms with Gasteiger partial charge >= 0.3 is 5.97 Å². The van der Waals surface area contributed by atoms with Crippen LogP contribution in [0.2, 0.25) is 0 Å². The molecule has 25 heavy (non-hydrogen) atoms. The molecule has 7 heteroatoms. The van der Waals surface area contributed by atoms with Crippen LogP contribution < -0.4 is 4.90 Å². The molecule has 1 aromatic carbocycles. The van der Waals surface area contributed by atoms with Crippen molar-refractivity contribution in [1.82, 2.24) is 9.97 Å². The monoisotopic (exact) mass is 359 g/mol. The molecule has 1 unspecified atom stereocenters. The van der Waals surface area contributed by atoms with Crippen LogP contribution in [0, 0.1) is 0 Å². The molecule has 0 spiro atoms. The Bertz CT molecular complexity index is 727. The van der Waals surface area contributed by atoms with Crippen LogP contribution in [0.1, 0.15) is 30.1 Å². The van der Waals surface area contributed by atoms with Crippen molar-refractivity contribution in [3.05, 3.63) is 42.1 Å². The third-order valence-corrected chi connectivity index (χ3v) is 5.05. The summed E-state index contributed by atoms with van der Waals surface area (Å²) in [6, 6.07) is 9.79. The zero-order valence-electron chi connectivity index (χ0n) is 14.1. The zero-order valence-corrected chi connectivity index (χ0v) is 14.9. The summed E-state index contributed by atoms with van der Waals surface area (Å²) in [5.74, 6) is 0.121. The van der Waals surface area contributed by atoms with Gasteiger partial charge in [-0.3, -0.25) is 0 Å². The maximum Gasteiger partial charge on any atom is 0.342 e. The van der Waals surface area contributed by atoms with Gasteiger partial charge < -0.3 is 14.7 Å². The Morgan fingerprint density at radius 3 is 2.92 bits per heavy atom. The van der Waals surface area contributed by atoms with Crippen molar-refractivity contribution >= 4 is 23.7 Å². The van der Waals surface area contributed by atoms with Gasteiger partial charge in [0.05, 0.1) is 19.3 Å². The number of esters is 1. The molecule has 0 aliphatic carbocycles. The summed E-state index contributed by atoms with van der Waals surface area (Å²) in [4.78, 5) is 24.2. The van der Waals surface area contributed by atoms with Gasteiger partial charge in [-0.1, -0.05) is 30.0 Å². The van der Waals surface area contributed by atoms with Gasteiger partial charge in [-0.15, -0.1) is 0 Å². The maximum atomic E-state index is 12.2. The predicted molar refractivity (Wildman–Crippen MR) is 96.0 cm³/mol. The highest BCUT2D eigenvalue weighted by Crippen LogP contribution is 2.31. The normalized spacial score (nSPS) is 16.9. The Balaban J connectivity index is 1.95. The minimum absolute atomic E-state index is 0.0306. The third kappa shape index (κ3) is 4.11. The summed E-state index contributed by atoms with van der Waals surface area (Å²) in [5, 5.41) is 10.1. The van der Waals surface area contributed by atoms with Crippen molar-refractivity contribution in [3.8, 4) is 0 Å². The molecule has 2 heterocycles. The molecular formula is C18H21N3O3S. The van der Waals surface area contributed by atoms with Gasteiger partial charge in [-0.05, 0) is 31.9 Å². The lowest BCUT2D eigenvalue weighted by atomic mass is 10.2. The van der Waals surface area contributed by atoms with Crippen LogP contribution in [0.4, 0.5) is 5.95 Å². The van der Waals surface area contributed by atoms with Crippen LogP contribution in [0.5, 0.6) is 0 Å². The lowest BCUT2D eigenvalue weighted by Crippen LogP contribution is -2.33. The molecule has 1 aromatic heterocycles. The first-order chi connectivity index (χ1) is 12.2. The van der Waals surface area contributed by atoms with Gasteiger partial charge in [0.1, 0.15) is 10.6 Å². The largest absolute Gasteiger partial charge is 0.462 e. The van der Waals surface area contributed by atoms with Gasteiger partial charge in [-0.25, -0.2) is 14.8 Å². The minimum atomic E-state index is -0.424. The molecule has 1 N–H and O–H groups in total. The van der Waals surface area contributed by atoms with Crippen molar-refractivity contribution in [3.63, 3.8) is 0 Å². The Morgan fingerprint density at radius 1 is 1.40 bits per heavy atom.